The van der Waals surface area contributed by atoms with E-state index in [0.29, 0.717) is 6.07 Å². The van der Waals surface area contributed by atoms with Gasteiger partial charge in [0.1, 0.15) is 0 Å². The molecule has 0 radical (unpaired) electrons. The zero-order valence-corrected chi connectivity index (χ0v) is 8.26. The molecule has 0 amide bonds. The molecule has 0 spiro atoms. The fourth-order valence-electron chi connectivity index (χ4n) is 1.10. The van der Waals surface area contributed by atoms with Gasteiger partial charge in [-0.15, -0.1) is 0 Å². The molecular formula is C9H4ClF3O3. The third kappa shape index (κ3) is 2.33. The average molecular weight is 253 g/mol. The van der Waals surface area contributed by atoms with Gasteiger partial charge in [-0.2, -0.15) is 13.2 Å². The molecule has 0 atom stereocenters. The third-order valence-corrected chi connectivity index (χ3v) is 2.06. The summed E-state index contributed by atoms with van der Waals surface area (Å²) in [4.78, 5) is 21.4. The van der Waals surface area contributed by atoms with Crippen molar-refractivity contribution in [3.8, 4) is 0 Å². The number of ketones is 1. The zero-order chi connectivity index (χ0) is 12.5. The van der Waals surface area contributed by atoms with Crippen molar-refractivity contribution in [3.63, 3.8) is 0 Å². The molecular weight excluding hydrogens is 249 g/mol. The summed E-state index contributed by atoms with van der Waals surface area (Å²) in [5.74, 6) is -3.67. The van der Waals surface area contributed by atoms with Crippen molar-refractivity contribution >= 4 is 23.4 Å². The van der Waals surface area contributed by atoms with E-state index < -0.39 is 34.1 Å². The van der Waals surface area contributed by atoms with Gasteiger partial charge in [0.05, 0.1) is 16.1 Å². The van der Waals surface area contributed by atoms with Crippen LogP contribution in [0.15, 0.2) is 18.2 Å². The van der Waals surface area contributed by atoms with Gasteiger partial charge >= 0.3 is 12.1 Å². The summed E-state index contributed by atoms with van der Waals surface area (Å²) in [5, 5.41) is 7.83. The quantitative estimate of drug-likeness (QED) is 0.650. The normalized spacial score (nSPS) is 11.2. The smallest absolute Gasteiger partial charge is 0.417 e. The molecule has 0 aliphatic carbocycles. The lowest BCUT2D eigenvalue weighted by atomic mass is 10.0. The number of carbonyl (C=O) groups excluding carboxylic acids is 1. The molecule has 86 valence electrons. The molecule has 0 saturated heterocycles. The average Bonchev–Trinajstić information content (AvgIpc) is 2.14. The van der Waals surface area contributed by atoms with Gasteiger partial charge in [0.15, 0.2) is 0 Å². The Hall–Kier alpha value is -1.56. The van der Waals surface area contributed by atoms with Crippen molar-refractivity contribution in [1.82, 2.24) is 0 Å². The van der Waals surface area contributed by atoms with Gasteiger partial charge in [-0.1, -0.05) is 17.7 Å². The molecule has 1 aromatic rings. The molecule has 0 unspecified atom stereocenters. The third-order valence-electron chi connectivity index (χ3n) is 1.74. The highest BCUT2D eigenvalue weighted by molar-refractivity contribution is 6.45. The molecule has 1 aromatic carbocycles. The predicted molar refractivity (Wildman–Crippen MR) is 48.4 cm³/mol. The summed E-state index contributed by atoms with van der Waals surface area (Å²) in [7, 11) is 0. The number of hydrogen-bond acceptors (Lipinski definition) is 2. The monoisotopic (exact) mass is 252 g/mol. The Morgan fingerprint density at radius 2 is 1.81 bits per heavy atom. The van der Waals surface area contributed by atoms with Crippen LogP contribution in [0, 0.1) is 0 Å². The van der Waals surface area contributed by atoms with Crippen LogP contribution in [0.5, 0.6) is 0 Å². The molecule has 16 heavy (non-hydrogen) atoms. The van der Waals surface area contributed by atoms with Crippen molar-refractivity contribution in [2.45, 2.75) is 6.18 Å². The van der Waals surface area contributed by atoms with E-state index in [1.807, 2.05) is 0 Å². The molecule has 1 N–H and O–H groups in total. The van der Waals surface area contributed by atoms with Gasteiger partial charge in [-0.05, 0) is 12.1 Å². The standard InChI is InChI=1S/C9H4ClF3O3/c10-5-3-1-2-4(9(11,12)13)6(5)7(14)8(15)16/h1-3H,(H,15,16). The summed E-state index contributed by atoms with van der Waals surface area (Å²) in [6.45, 7) is 0. The van der Waals surface area contributed by atoms with Crippen LogP contribution in [0.1, 0.15) is 15.9 Å². The Kier molecular flexibility index (Phi) is 3.23. The molecule has 0 heterocycles. The summed E-state index contributed by atoms with van der Waals surface area (Å²) in [6.07, 6.45) is -4.83. The minimum Gasteiger partial charge on any atom is -0.475 e. The number of carbonyl (C=O) groups is 2. The number of benzene rings is 1. The highest BCUT2D eigenvalue weighted by atomic mass is 35.5. The van der Waals surface area contributed by atoms with Crippen LogP contribution in [-0.4, -0.2) is 16.9 Å². The summed E-state index contributed by atoms with van der Waals surface area (Å²) in [6, 6.07) is 2.61. The molecule has 0 bridgehead atoms. The first-order valence-electron chi connectivity index (χ1n) is 3.88. The van der Waals surface area contributed by atoms with Gasteiger partial charge in [0.2, 0.25) is 0 Å². The van der Waals surface area contributed by atoms with Crippen LogP contribution in [0.25, 0.3) is 0 Å². The topological polar surface area (TPSA) is 54.4 Å². The first-order valence-corrected chi connectivity index (χ1v) is 4.26. The molecule has 0 fully saturated rings. The van der Waals surface area contributed by atoms with Crippen LogP contribution in [0.4, 0.5) is 13.2 Å². The second-order valence-electron chi connectivity index (χ2n) is 2.79. The first-order chi connectivity index (χ1) is 7.25. The maximum atomic E-state index is 12.4. The summed E-state index contributed by atoms with van der Waals surface area (Å²) >= 11 is 5.39. The van der Waals surface area contributed by atoms with E-state index in [9.17, 15) is 22.8 Å². The van der Waals surface area contributed by atoms with E-state index in [0.717, 1.165) is 12.1 Å². The number of carboxylic acids is 1. The van der Waals surface area contributed by atoms with E-state index in [1.165, 1.54) is 0 Å². The SMILES string of the molecule is O=C(O)C(=O)c1c(Cl)cccc1C(F)(F)F. The number of carboxylic acid groups (broad SMARTS) is 1. The first kappa shape index (κ1) is 12.5. The van der Waals surface area contributed by atoms with Gasteiger partial charge < -0.3 is 5.11 Å². The van der Waals surface area contributed by atoms with Crippen molar-refractivity contribution in [2.24, 2.45) is 0 Å². The van der Waals surface area contributed by atoms with E-state index in [-0.39, 0.29) is 0 Å². The summed E-state index contributed by atoms with van der Waals surface area (Å²) in [5.41, 5.74) is -2.39. The summed E-state index contributed by atoms with van der Waals surface area (Å²) < 4.78 is 37.3. The largest absolute Gasteiger partial charge is 0.475 e. The van der Waals surface area contributed by atoms with Gasteiger partial charge in [-0.25, -0.2) is 4.79 Å². The second kappa shape index (κ2) is 4.13. The van der Waals surface area contributed by atoms with Crippen molar-refractivity contribution in [1.29, 1.82) is 0 Å². The second-order valence-corrected chi connectivity index (χ2v) is 3.20. The molecule has 0 aromatic heterocycles. The lowest BCUT2D eigenvalue weighted by Crippen LogP contribution is -2.19. The van der Waals surface area contributed by atoms with Crippen LogP contribution >= 0.6 is 11.6 Å². The molecule has 3 nitrogen and oxygen atoms in total. The fourth-order valence-corrected chi connectivity index (χ4v) is 1.36. The Morgan fingerprint density at radius 3 is 2.25 bits per heavy atom. The lowest BCUT2D eigenvalue weighted by molar-refractivity contribution is -0.138. The van der Waals surface area contributed by atoms with Gasteiger partial charge in [0.25, 0.3) is 5.78 Å². The van der Waals surface area contributed by atoms with E-state index in [1.54, 1.807) is 0 Å². The minimum absolute atomic E-state index is 0.540. The molecule has 7 heteroatoms. The highest BCUT2D eigenvalue weighted by Crippen LogP contribution is 2.35. The lowest BCUT2D eigenvalue weighted by Gasteiger charge is -2.11. The van der Waals surface area contributed by atoms with Crippen LogP contribution in [0.2, 0.25) is 5.02 Å². The molecule has 0 saturated carbocycles. The van der Waals surface area contributed by atoms with E-state index in [2.05, 4.69) is 0 Å². The predicted octanol–water partition coefficient (Wildman–Crippen LogP) is 2.63. The van der Waals surface area contributed by atoms with Crippen LogP contribution in [-0.2, 0) is 11.0 Å². The van der Waals surface area contributed by atoms with Gasteiger partial charge in [0, 0.05) is 0 Å². The molecule has 0 aliphatic heterocycles. The fraction of sp³-hybridized carbons (Fsp3) is 0.111. The van der Waals surface area contributed by atoms with Gasteiger partial charge in [-0.3, -0.25) is 4.79 Å². The van der Waals surface area contributed by atoms with Crippen molar-refractivity contribution < 1.29 is 27.9 Å². The molecule has 1 rings (SSSR count). The van der Waals surface area contributed by atoms with Crippen LogP contribution < -0.4 is 0 Å². The number of aliphatic carboxylic acids is 1. The molecule has 0 aliphatic rings. The Balaban J connectivity index is 3.47. The number of alkyl halides is 3. The maximum Gasteiger partial charge on any atom is 0.417 e. The number of hydrogen-bond donors (Lipinski definition) is 1. The number of rotatable bonds is 2. The number of Topliss-reactive ketones (excluding diaryl/α,β-unsaturated/α-hetero) is 1. The van der Waals surface area contributed by atoms with E-state index >= 15 is 0 Å². The minimum atomic E-state index is -4.83. The Bertz CT molecular complexity index is 454. The van der Waals surface area contributed by atoms with Crippen LogP contribution in [0.3, 0.4) is 0 Å². The Morgan fingerprint density at radius 1 is 1.25 bits per heavy atom. The maximum absolute atomic E-state index is 12.4. The number of halogens is 4. The Labute approximate surface area is 92.4 Å². The van der Waals surface area contributed by atoms with Crippen molar-refractivity contribution in [2.75, 3.05) is 0 Å². The highest BCUT2D eigenvalue weighted by Gasteiger charge is 2.37. The van der Waals surface area contributed by atoms with E-state index in [4.69, 9.17) is 16.7 Å². The van der Waals surface area contributed by atoms with Crippen molar-refractivity contribution in [3.05, 3.63) is 34.3 Å². The zero-order valence-electron chi connectivity index (χ0n) is 7.51.